The van der Waals surface area contributed by atoms with E-state index in [1.54, 1.807) is 25.3 Å². The number of carbonyl (C=O) groups excluding carboxylic acids is 2. The molecule has 1 unspecified atom stereocenters. The van der Waals surface area contributed by atoms with Crippen molar-refractivity contribution in [3.63, 3.8) is 0 Å². The first-order valence-corrected chi connectivity index (χ1v) is 14.9. The standard InChI is InChI=1S/C33H42FN5O3/c1-5-7-8-25(29-13-9-24(20-36-29)21-39(17-6-2)23(4)40)18-30-22(3)31(15-16-35-30)42-32-14-12-27(19-28(32)34)38-33(41)37-26-10-11-26/h9,12-16,18-20,26,29,36H,5-8,10-11,17,21H2,1-4H3,(H2,37,38,41)/b25-18+. The second-order valence-corrected chi connectivity index (χ2v) is 10.9. The van der Waals surface area contributed by atoms with E-state index in [0.717, 1.165) is 61.9 Å². The second kappa shape index (κ2) is 14.7. The molecule has 4 rings (SSSR count). The minimum absolute atomic E-state index is 0.00219. The number of nitrogens with one attached hydrogen (secondary N) is 3. The molecule has 1 aromatic heterocycles. The summed E-state index contributed by atoms with van der Waals surface area (Å²) in [6.45, 7) is 9.06. The molecule has 9 heteroatoms. The van der Waals surface area contributed by atoms with Crippen LogP contribution in [0.1, 0.15) is 70.6 Å². The van der Waals surface area contributed by atoms with Crippen molar-refractivity contribution < 1.29 is 18.7 Å². The zero-order valence-electron chi connectivity index (χ0n) is 25.0. The van der Waals surface area contributed by atoms with Crippen LogP contribution in [-0.4, -0.2) is 47.0 Å². The van der Waals surface area contributed by atoms with Crippen LogP contribution in [0, 0.1) is 12.7 Å². The van der Waals surface area contributed by atoms with E-state index in [1.165, 1.54) is 17.7 Å². The Morgan fingerprint density at radius 1 is 1.19 bits per heavy atom. The van der Waals surface area contributed by atoms with E-state index in [0.29, 0.717) is 18.0 Å². The molecule has 2 heterocycles. The molecule has 0 bridgehead atoms. The number of aromatic nitrogens is 1. The number of hydrogen-bond donors (Lipinski definition) is 3. The van der Waals surface area contributed by atoms with Gasteiger partial charge >= 0.3 is 6.03 Å². The van der Waals surface area contributed by atoms with Crippen molar-refractivity contribution in [2.45, 2.75) is 78.3 Å². The number of ether oxygens (including phenoxy) is 1. The maximum Gasteiger partial charge on any atom is 0.319 e. The summed E-state index contributed by atoms with van der Waals surface area (Å²) in [5.41, 5.74) is 4.15. The van der Waals surface area contributed by atoms with Crippen molar-refractivity contribution in [2.24, 2.45) is 0 Å². The van der Waals surface area contributed by atoms with Crippen LogP contribution in [0.3, 0.4) is 0 Å². The third kappa shape index (κ3) is 8.68. The number of halogens is 1. The van der Waals surface area contributed by atoms with Crippen molar-refractivity contribution in [3.8, 4) is 11.5 Å². The zero-order valence-corrected chi connectivity index (χ0v) is 25.0. The lowest BCUT2D eigenvalue weighted by atomic mass is 9.96. The van der Waals surface area contributed by atoms with Gasteiger partial charge in [0.05, 0.1) is 11.7 Å². The summed E-state index contributed by atoms with van der Waals surface area (Å²) in [6, 6.07) is 5.98. The Balaban J connectivity index is 1.47. The fourth-order valence-corrected chi connectivity index (χ4v) is 4.71. The first-order chi connectivity index (χ1) is 20.3. The minimum Gasteiger partial charge on any atom is -0.454 e. The zero-order chi connectivity index (χ0) is 30.1. The summed E-state index contributed by atoms with van der Waals surface area (Å²) in [5, 5.41) is 8.98. The molecule has 3 N–H and O–H groups in total. The molecular weight excluding hydrogens is 533 g/mol. The van der Waals surface area contributed by atoms with Gasteiger partial charge in [-0.15, -0.1) is 0 Å². The lowest BCUT2D eigenvalue weighted by Crippen LogP contribution is -2.34. The summed E-state index contributed by atoms with van der Waals surface area (Å²) in [7, 11) is 0. The van der Waals surface area contributed by atoms with E-state index in [-0.39, 0.29) is 29.8 Å². The molecule has 8 nitrogen and oxygen atoms in total. The van der Waals surface area contributed by atoms with Gasteiger partial charge in [0.25, 0.3) is 0 Å². The Labute approximate surface area is 248 Å². The molecule has 0 radical (unpaired) electrons. The van der Waals surface area contributed by atoms with Crippen LogP contribution < -0.4 is 20.7 Å². The number of nitrogens with zero attached hydrogens (tertiary/aromatic N) is 2. The molecule has 2 aliphatic rings. The molecule has 1 aromatic carbocycles. The van der Waals surface area contributed by atoms with Gasteiger partial charge in [-0.05, 0) is 74.4 Å². The highest BCUT2D eigenvalue weighted by Gasteiger charge is 2.23. The SMILES string of the molecule is CCCC/C(=C\c1nccc(Oc2ccc(NC(=O)NC3CC3)cc2F)c1C)C1C=CC(CN(CCC)C(C)=O)=CN1. The number of benzene rings is 1. The Bertz CT molecular complexity index is 1370. The maximum absolute atomic E-state index is 14.9. The largest absolute Gasteiger partial charge is 0.454 e. The van der Waals surface area contributed by atoms with Gasteiger partial charge in [0, 0.05) is 55.8 Å². The van der Waals surface area contributed by atoms with Gasteiger partial charge < -0.3 is 25.6 Å². The lowest BCUT2D eigenvalue weighted by molar-refractivity contribution is -0.128. The molecule has 3 amide bonds. The molecule has 224 valence electrons. The fraction of sp³-hybridized carbons (Fsp3) is 0.424. The Morgan fingerprint density at radius 3 is 2.64 bits per heavy atom. The van der Waals surface area contributed by atoms with Gasteiger partial charge in [0.2, 0.25) is 5.91 Å². The average Bonchev–Trinajstić information content (AvgIpc) is 3.78. The maximum atomic E-state index is 14.9. The van der Waals surface area contributed by atoms with Crippen molar-refractivity contribution >= 4 is 23.7 Å². The van der Waals surface area contributed by atoms with E-state index < -0.39 is 5.82 Å². The number of rotatable bonds is 13. The Hall–Kier alpha value is -4.14. The summed E-state index contributed by atoms with van der Waals surface area (Å²) in [5.74, 6) is 0.0735. The molecule has 1 atom stereocenters. The molecule has 2 aromatic rings. The quantitative estimate of drug-likeness (QED) is 0.243. The molecule has 42 heavy (non-hydrogen) atoms. The topological polar surface area (TPSA) is 95.6 Å². The van der Waals surface area contributed by atoms with Crippen LogP contribution in [0.5, 0.6) is 11.5 Å². The Morgan fingerprint density at radius 2 is 2.00 bits per heavy atom. The van der Waals surface area contributed by atoms with Crippen LogP contribution in [0.25, 0.3) is 6.08 Å². The van der Waals surface area contributed by atoms with Gasteiger partial charge in [0.15, 0.2) is 11.6 Å². The van der Waals surface area contributed by atoms with E-state index in [1.807, 2.05) is 18.0 Å². The summed E-state index contributed by atoms with van der Waals surface area (Å²) < 4.78 is 20.9. The number of dihydropyridines is 1. The molecule has 1 fully saturated rings. The molecule has 0 spiro atoms. The van der Waals surface area contributed by atoms with Crippen LogP contribution in [0.4, 0.5) is 14.9 Å². The summed E-state index contributed by atoms with van der Waals surface area (Å²) in [6.07, 6.45) is 15.8. The Kier molecular flexibility index (Phi) is 10.8. The number of carbonyl (C=O) groups is 2. The van der Waals surface area contributed by atoms with Gasteiger partial charge in [-0.1, -0.05) is 32.4 Å². The van der Waals surface area contributed by atoms with Crippen LogP contribution in [0.2, 0.25) is 0 Å². The van der Waals surface area contributed by atoms with E-state index >= 15 is 0 Å². The van der Waals surface area contributed by atoms with Crippen molar-refractivity contribution in [1.82, 2.24) is 20.5 Å². The minimum atomic E-state index is -0.572. The lowest BCUT2D eigenvalue weighted by Gasteiger charge is -2.26. The number of pyridine rings is 1. The predicted molar refractivity (Wildman–Crippen MR) is 165 cm³/mol. The fourth-order valence-electron chi connectivity index (χ4n) is 4.71. The van der Waals surface area contributed by atoms with E-state index in [9.17, 15) is 14.0 Å². The number of unbranched alkanes of at least 4 members (excludes halogenated alkanes) is 1. The van der Waals surface area contributed by atoms with Crippen LogP contribution in [-0.2, 0) is 4.79 Å². The van der Waals surface area contributed by atoms with Crippen molar-refractivity contribution in [1.29, 1.82) is 0 Å². The molecule has 1 aliphatic heterocycles. The first kappa shape index (κ1) is 30.8. The molecular formula is C33H42FN5O3. The van der Waals surface area contributed by atoms with Crippen molar-refractivity contribution in [3.05, 3.63) is 77.0 Å². The van der Waals surface area contributed by atoms with E-state index in [2.05, 4.69) is 53.0 Å². The van der Waals surface area contributed by atoms with Gasteiger partial charge in [-0.25, -0.2) is 9.18 Å². The number of urea groups is 1. The van der Waals surface area contributed by atoms with Crippen molar-refractivity contribution in [2.75, 3.05) is 18.4 Å². The van der Waals surface area contributed by atoms with Gasteiger partial charge in [-0.3, -0.25) is 9.78 Å². The number of amides is 3. The summed E-state index contributed by atoms with van der Waals surface area (Å²) in [4.78, 5) is 30.4. The van der Waals surface area contributed by atoms with Crippen LogP contribution >= 0.6 is 0 Å². The smallest absolute Gasteiger partial charge is 0.319 e. The summed E-state index contributed by atoms with van der Waals surface area (Å²) >= 11 is 0. The monoisotopic (exact) mass is 575 g/mol. The highest BCUT2D eigenvalue weighted by atomic mass is 19.1. The third-order valence-electron chi connectivity index (χ3n) is 7.32. The second-order valence-electron chi connectivity index (χ2n) is 10.9. The average molecular weight is 576 g/mol. The molecule has 0 saturated heterocycles. The predicted octanol–water partition coefficient (Wildman–Crippen LogP) is 6.85. The number of anilines is 1. The normalized spacial score (nSPS) is 16.4. The van der Waals surface area contributed by atoms with E-state index in [4.69, 9.17) is 4.74 Å². The molecule has 1 saturated carbocycles. The highest BCUT2D eigenvalue weighted by Crippen LogP contribution is 2.31. The number of hydrogen-bond acceptors (Lipinski definition) is 5. The highest BCUT2D eigenvalue weighted by molar-refractivity contribution is 5.89. The van der Waals surface area contributed by atoms with Crippen LogP contribution in [0.15, 0.2) is 60.0 Å². The third-order valence-corrected chi connectivity index (χ3v) is 7.32. The first-order valence-electron chi connectivity index (χ1n) is 14.9. The van der Waals surface area contributed by atoms with Gasteiger partial charge in [0.1, 0.15) is 5.75 Å². The van der Waals surface area contributed by atoms with Gasteiger partial charge in [-0.2, -0.15) is 0 Å². The molecule has 1 aliphatic carbocycles.